The van der Waals surface area contributed by atoms with Crippen molar-refractivity contribution >= 4 is 0 Å². The van der Waals surface area contributed by atoms with Gasteiger partial charge in [0, 0.05) is 6.04 Å². The standard InChI is InChI=1S/C17H25N/c1-3-18-16(17-14-5-4-6-15(14)17)11-13-9-7-12(2)8-10-13/h7-10,14-18H,3-6,11H2,1-2H3. The Kier molecular flexibility index (Phi) is 3.43. The number of fused-ring (bicyclic) bond motifs is 1. The van der Waals surface area contributed by atoms with Crippen LogP contribution in [0, 0.1) is 24.7 Å². The number of likely N-dealkylation sites (N-methyl/N-ethyl adjacent to an activating group) is 1. The Balaban J connectivity index is 1.65. The average molecular weight is 243 g/mol. The van der Waals surface area contributed by atoms with E-state index in [1.807, 2.05) is 0 Å². The SMILES string of the molecule is CCNC(Cc1ccc(C)cc1)C1C2CCCC21. The summed E-state index contributed by atoms with van der Waals surface area (Å²) in [5, 5.41) is 3.74. The average Bonchev–Trinajstić information content (AvgIpc) is 2.84. The summed E-state index contributed by atoms with van der Waals surface area (Å²) in [6.45, 7) is 5.50. The van der Waals surface area contributed by atoms with E-state index in [4.69, 9.17) is 0 Å². The summed E-state index contributed by atoms with van der Waals surface area (Å²) in [4.78, 5) is 0. The second kappa shape index (κ2) is 5.05. The Morgan fingerprint density at radius 2 is 1.83 bits per heavy atom. The van der Waals surface area contributed by atoms with E-state index in [9.17, 15) is 0 Å². The number of benzene rings is 1. The third-order valence-corrected chi connectivity index (χ3v) is 4.98. The predicted molar refractivity (Wildman–Crippen MR) is 76.7 cm³/mol. The van der Waals surface area contributed by atoms with Crippen LogP contribution in [0.3, 0.4) is 0 Å². The molecule has 0 aromatic heterocycles. The summed E-state index contributed by atoms with van der Waals surface area (Å²) in [6.07, 6.45) is 5.68. The van der Waals surface area contributed by atoms with Crippen LogP contribution in [0.4, 0.5) is 0 Å². The molecular weight excluding hydrogens is 218 g/mol. The quantitative estimate of drug-likeness (QED) is 0.834. The molecule has 1 N–H and O–H groups in total. The van der Waals surface area contributed by atoms with E-state index in [1.54, 1.807) is 0 Å². The molecule has 18 heavy (non-hydrogen) atoms. The summed E-state index contributed by atoms with van der Waals surface area (Å²) in [7, 11) is 0. The Hall–Kier alpha value is -0.820. The second-order valence-corrected chi connectivity index (χ2v) is 6.19. The lowest BCUT2D eigenvalue weighted by molar-refractivity contribution is 0.411. The first-order valence-corrected chi connectivity index (χ1v) is 7.58. The van der Waals surface area contributed by atoms with Gasteiger partial charge in [0.15, 0.2) is 0 Å². The zero-order chi connectivity index (χ0) is 12.5. The molecule has 1 aromatic rings. The van der Waals surface area contributed by atoms with Crippen LogP contribution in [0.25, 0.3) is 0 Å². The molecule has 0 saturated heterocycles. The van der Waals surface area contributed by atoms with E-state index in [2.05, 4.69) is 43.4 Å². The molecule has 0 aliphatic heterocycles. The smallest absolute Gasteiger partial charge is 0.0141 e. The molecule has 0 amide bonds. The van der Waals surface area contributed by atoms with Crippen LogP contribution < -0.4 is 5.32 Å². The van der Waals surface area contributed by atoms with Crippen molar-refractivity contribution in [1.82, 2.24) is 5.32 Å². The van der Waals surface area contributed by atoms with Gasteiger partial charge in [0.25, 0.3) is 0 Å². The number of hydrogen-bond acceptors (Lipinski definition) is 1. The van der Waals surface area contributed by atoms with E-state index >= 15 is 0 Å². The normalized spacial score (nSPS) is 31.1. The highest BCUT2D eigenvalue weighted by molar-refractivity contribution is 5.23. The van der Waals surface area contributed by atoms with E-state index in [1.165, 1.54) is 36.8 Å². The van der Waals surface area contributed by atoms with Crippen molar-refractivity contribution in [3.63, 3.8) is 0 Å². The summed E-state index contributed by atoms with van der Waals surface area (Å²) in [6, 6.07) is 9.81. The molecule has 2 fully saturated rings. The van der Waals surface area contributed by atoms with Crippen molar-refractivity contribution in [3.8, 4) is 0 Å². The predicted octanol–water partition coefficient (Wildman–Crippen LogP) is 3.56. The van der Waals surface area contributed by atoms with Crippen LogP contribution in [-0.2, 0) is 6.42 Å². The van der Waals surface area contributed by atoms with Crippen LogP contribution in [0.2, 0.25) is 0 Å². The first kappa shape index (κ1) is 12.2. The van der Waals surface area contributed by atoms with E-state index in [-0.39, 0.29) is 0 Å². The molecule has 0 heterocycles. The van der Waals surface area contributed by atoms with E-state index in [0.717, 1.165) is 24.3 Å². The molecule has 0 spiro atoms. The lowest BCUT2D eigenvalue weighted by Gasteiger charge is -2.20. The number of rotatable bonds is 5. The van der Waals surface area contributed by atoms with E-state index in [0.29, 0.717) is 6.04 Å². The molecule has 1 heteroatoms. The zero-order valence-electron chi connectivity index (χ0n) is 11.7. The van der Waals surface area contributed by atoms with Crippen molar-refractivity contribution < 1.29 is 0 Å². The van der Waals surface area contributed by atoms with Gasteiger partial charge in [-0.2, -0.15) is 0 Å². The lowest BCUT2D eigenvalue weighted by Crippen LogP contribution is -2.34. The van der Waals surface area contributed by atoms with Gasteiger partial charge in [-0.05, 0) is 56.0 Å². The van der Waals surface area contributed by atoms with Crippen LogP contribution in [0.5, 0.6) is 0 Å². The molecule has 0 radical (unpaired) electrons. The Labute approximate surface area is 111 Å². The van der Waals surface area contributed by atoms with Crippen molar-refractivity contribution in [2.75, 3.05) is 6.54 Å². The molecule has 3 unspecified atom stereocenters. The van der Waals surface area contributed by atoms with Crippen molar-refractivity contribution in [2.45, 2.75) is 45.6 Å². The maximum absolute atomic E-state index is 3.74. The summed E-state index contributed by atoms with van der Waals surface area (Å²) in [5.74, 6) is 3.08. The van der Waals surface area contributed by atoms with Gasteiger partial charge in [0.1, 0.15) is 0 Å². The zero-order valence-corrected chi connectivity index (χ0v) is 11.7. The summed E-state index contributed by atoms with van der Waals surface area (Å²) >= 11 is 0. The van der Waals surface area contributed by atoms with E-state index < -0.39 is 0 Å². The first-order chi connectivity index (χ1) is 8.79. The van der Waals surface area contributed by atoms with Crippen molar-refractivity contribution in [2.24, 2.45) is 17.8 Å². The lowest BCUT2D eigenvalue weighted by atomic mass is 9.96. The third-order valence-electron chi connectivity index (χ3n) is 4.98. The summed E-state index contributed by atoms with van der Waals surface area (Å²) < 4.78 is 0. The maximum Gasteiger partial charge on any atom is 0.0141 e. The van der Waals surface area contributed by atoms with Gasteiger partial charge in [0.05, 0.1) is 0 Å². The fraction of sp³-hybridized carbons (Fsp3) is 0.647. The topological polar surface area (TPSA) is 12.0 Å². The van der Waals surface area contributed by atoms with Gasteiger partial charge < -0.3 is 5.32 Å². The van der Waals surface area contributed by atoms with Crippen LogP contribution in [0.1, 0.15) is 37.3 Å². The molecule has 98 valence electrons. The molecule has 1 aromatic carbocycles. The molecular formula is C17H25N. The molecule has 3 rings (SSSR count). The van der Waals surface area contributed by atoms with Gasteiger partial charge in [0.2, 0.25) is 0 Å². The fourth-order valence-electron chi connectivity index (χ4n) is 4.06. The van der Waals surface area contributed by atoms with Crippen LogP contribution in [0.15, 0.2) is 24.3 Å². The van der Waals surface area contributed by atoms with Gasteiger partial charge >= 0.3 is 0 Å². The molecule has 2 aliphatic rings. The van der Waals surface area contributed by atoms with Crippen LogP contribution >= 0.6 is 0 Å². The highest BCUT2D eigenvalue weighted by Gasteiger charge is 2.55. The number of aryl methyl sites for hydroxylation is 1. The van der Waals surface area contributed by atoms with Gasteiger partial charge in [-0.3, -0.25) is 0 Å². The fourth-order valence-corrected chi connectivity index (χ4v) is 4.06. The van der Waals surface area contributed by atoms with Gasteiger partial charge in [-0.1, -0.05) is 43.2 Å². The van der Waals surface area contributed by atoms with Crippen molar-refractivity contribution in [3.05, 3.63) is 35.4 Å². The maximum atomic E-state index is 3.74. The minimum atomic E-state index is 0.716. The first-order valence-electron chi connectivity index (χ1n) is 7.58. The largest absolute Gasteiger partial charge is 0.314 e. The Morgan fingerprint density at radius 1 is 1.17 bits per heavy atom. The Morgan fingerprint density at radius 3 is 2.44 bits per heavy atom. The minimum absolute atomic E-state index is 0.716. The molecule has 1 nitrogen and oxygen atoms in total. The highest BCUT2D eigenvalue weighted by atomic mass is 14.9. The van der Waals surface area contributed by atoms with Gasteiger partial charge in [-0.25, -0.2) is 0 Å². The minimum Gasteiger partial charge on any atom is -0.314 e. The highest BCUT2D eigenvalue weighted by Crippen LogP contribution is 2.59. The van der Waals surface area contributed by atoms with Crippen LogP contribution in [-0.4, -0.2) is 12.6 Å². The number of nitrogens with one attached hydrogen (secondary N) is 1. The molecule has 0 bridgehead atoms. The Bertz CT molecular complexity index is 385. The monoisotopic (exact) mass is 243 g/mol. The number of hydrogen-bond donors (Lipinski definition) is 1. The third kappa shape index (κ3) is 2.33. The second-order valence-electron chi connectivity index (χ2n) is 6.19. The molecule has 2 saturated carbocycles. The molecule has 3 atom stereocenters. The van der Waals surface area contributed by atoms with Gasteiger partial charge in [-0.15, -0.1) is 0 Å². The molecule has 2 aliphatic carbocycles. The summed E-state index contributed by atoms with van der Waals surface area (Å²) in [5.41, 5.74) is 2.86. The van der Waals surface area contributed by atoms with Crippen molar-refractivity contribution in [1.29, 1.82) is 0 Å².